The van der Waals surface area contributed by atoms with Crippen molar-refractivity contribution in [2.45, 2.75) is 6.54 Å². The third-order valence-corrected chi connectivity index (χ3v) is 3.46. The number of nitriles is 2. The van der Waals surface area contributed by atoms with Crippen LogP contribution in [0.2, 0.25) is 0 Å². The van der Waals surface area contributed by atoms with E-state index in [9.17, 15) is 4.79 Å². The lowest BCUT2D eigenvalue weighted by molar-refractivity contribution is 0.0957. The van der Waals surface area contributed by atoms with E-state index in [1.165, 1.54) is 17.7 Å². The SMILES string of the molecule is N#Cc1ncn(Cc2ccc(C(=O)NN)s2)c1C#N. The summed E-state index contributed by atoms with van der Waals surface area (Å²) >= 11 is 1.26. The summed E-state index contributed by atoms with van der Waals surface area (Å²) in [4.78, 5) is 16.5. The van der Waals surface area contributed by atoms with Gasteiger partial charge in [0.2, 0.25) is 0 Å². The van der Waals surface area contributed by atoms with Crippen LogP contribution < -0.4 is 11.3 Å². The number of hydrazine groups is 1. The van der Waals surface area contributed by atoms with E-state index in [4.69, 9.17) is 16.4 Å². The van der Waals surface area contributed by atoms with Crippen LogP contribution in [-0.4, -0.2) is 15.5 Å². The van der Waals surface area contributed by atoms with E-state index in [0.29, 0.717) is 11.4 Å². The van der Waals surface area contributed by atoms with Gasteiger partial charge in [0.25, 0.3) is 5.91 Å². The number of aromatic nitrogens is 2. The van der Waals surface area contributed by atoms with Gasteiger partial charge in [0, 0.05) is 4.88 Å². The number of carbonyl (C=O) groups excluding carboxylic acids is 1. The molecule has 94 valence electrons. The van der Waals surface area contributed by atoms with Crippen molar-refractivity contribution in [1.29, 1.82) is 10.5 Å². The molecular formula is C11H8N6OS. The normalized spacial score (nSPS) is 9.63. The van der Waals surface area contributed by atoms with Gasteiger partial charge in [-0.1, -0.05) is 0 Å². The van der Waals surface area contributed by atoms with Crippen molar-refractivity contribution in [1.82, 2.24) is 15.0 Å². The Bertz CT molecular complexity index is 702. The van der Waals surface area contributed by atoms with Crippen LogP contribution in [0, 0.1) is 22.7 Å². The summed E-state index contributed by atoms with van der Waals surface area (Å²) < 4.78 is 1.56. The Balaban J connectivity index is 2.25. The van der Waals surface area contributed by atoms with Crippen molar-refractivity contribution in [2.75, 3.05) is 0 Å². The first-order chi connectivity index (χ1) is 9.19. The Hall–Kier alpha value is -2.68. The molecule has 0 bridgehead atoms. The average Bonchev–Trinajstić information content (AvgIpc) is 3.04. The molecule has 2 heterocycles. The molecule has 8 heteroatoms. The number of carbonyl (C=O) groups is 1. The Kier molecular flexibility index (Phi) is 3.57. The maximum atomic E-state index is 11.3. The van der Waals surface area contributed by atoms with Gasteiger partial charge in [-0.3, -0.25) is 10.2 Å². The number of rotatable bonds is 3. The lowest BCUT2D eigenvalue weighted by Crippen LogP contribution is -2.29. The van der Waals surface area contributed by atoms with Gasteiger partial charge in [0.15, 0.2) is 11.4 Å². The molecule has 19 heavy (non-hydrogen) atoms. The molecule has 2 aromatic heterocycles. The van der Waals surface area contributed by atoms with Gasteiger partial charge in [-0.25, -0.2) is 10.8 Å². The maximum Gasteiger partial charge on any atom is 0.275 e. The molecule has 2 aromatic rings. The number of hydrogen-bond donors (Lipinski definition) is 2. The van der Waals surface area contributed by atoms with Crippen molar-refractivity contribution in [2.24, 2.45) is 5.84 Å². The van der Waals surface area contributed by atoms with Crippen LogP contribution in [0.5, 0.6) is 0 Å². The highest BCUT2D eigenvalue weighted by Gasteiger charge is 2.12. The minimum atomic E-state index is -0.361. The number of amides is 1. The fourth-order valence-electron chi connectivity index (χ4n) is 1.53. The van der Waals surface area contributed by atoms with Crippen molar-refractivity contribution in [3.05, 3.63) is 39.6 Å². The van der Waals surface area contributed by atoms with Crippen molar-refractivity contribution < 1.29 is 4.79 Å². The summed E-state index contributed by atoms with van der Waals surface area (Å²) in [7, 11) is 0. The van der Waals surface area contributed by atoms with Crippen molar-refractivity contribution in [3.63, 3.8) is 0 Å². The number of nitrogens with one attached hydrogen (secondary N) is 1. The molecule has 3 N–H and O–H groups in total. The monoisotopic (exact) mass is 272 g/mol. The number of thiophene rings is 1. The second kappa shape index (κ2) is 5.31. The second-order valence-corrected chi connectivity index (χ2v) is 4.70. The average molecular weight is 272 g/mol. The van der Waals surface area contributed by atoms with E-state index >= 15 is 0 Å². The third kappa shape index (κ3) is 2.45. The predicted molar refractivity (Wildman–Crippen MR) is 66.7 cm³/mol. The van der Waals surface area contributed by atoms with Gasteiger partial charge in [-0.15, -0.1) is 11.3 Å². The number of nitrogen functional groups attached to an aromatic ring is 1. The summed E-state index contributed by atoms with van der Waals surface area (Å²) in [6.45, 7) is 0.375. The van der Waals surface area contributed by atoms with Crippen LogP contribution in [-0.2, 0) is 6.54 Å². The van der Waals surface area contributed by atoms with E-state index < -0.39 is 0 Å². The molecule has 2 rings (SSSR count). The number of hydrogen-bond acceptors (Lipinski definition) is 6. The van der Waals surface area contributed by atoms with Crippen LogP contribution in [0.25, 0.3) is 0 Å². The van der Waals surface area contributed by atoms with Crippen molar-refractivity contribution >= 4 is 17.2 Å². The minimum absolute atomic E-state index is 0.0963. The van der Waals surface area contributed by atoms with Gasteiger partial charge in [0.05, 0.1) is 17.7 Å². The summed E-state index contributed by atoms with van der Waals surface area (Å²) in [6.07, 6.45) is 1.43. The standard InChI is InChI=1S/C11H8N6OS/c12-3-8-9(4-13)17(6-15-8)5-7-1-2-10(19-7)11(18)16-14/h1-2,6H,5,14H2,(H,16,18). The van der Waals surface area contributed by atoms with Crippen LogP contribution in [0.3, 0.4) is 0 Å². The molecule has 0 spiro atoms. The molecule has 0 saturated heterocycles. The summed E-state index contributed by atoms with van der Waals surface area (Å²) in [6, 6.07) is 7.21. The Morgan fingerprint density at radius 1 is 1.47 bits per heavy atom. The molecular weight excluding hydrogens is 264 g/mol. The Labute approximate surface area is 112 Å². The Morgan fingerprint density at radius 3 is 2.89 bits per heavy atom. The lowest BCUT2D eigenvalue weighted by atomic mass is 10.3. The zero-order valence-electron chi connectivity index (χ0n) is 9.62. The van der Waals surface area contributed by atoms with Crippen LogP contribution in [0.15, 0.2) is 18.5 Å². The first-order valence-electron chi connectivity index (χ1n) is 5.14. The first-order valence-corrected chi connectivity index (χ1v) is 5.96. The van der Waals surface area contributed by atoms with E-state index in [1.54, 1.807) is 16.7 Å². The number of nitrogens with zero attached hydrogens (tertiary/aromatic N) is 4. The smallest absolute Gasteiger partial charge is 0.275 e. The maximum absolute atomic E-state index is 11.3. The molecule has 0 fully saturated rings. The van der Waals surface area contributed by atoms with E-state index in [2.05, 4.69) is 10.4 Å². The topological polar surface area (TPSA) is 121 Å². The van der Waals surface area contributed by atoms with E-state index in [0.717, 1.165) is 4.88 Å². The second-order valence-electron chi connectivity index (χ2n) is 3.53. The molecule has 0 aliphatic rings. The molecule has 0 aromatic carbocycles. The lowest BCUT2D eigenvalue weighted by Gasteiger charge is -2.00. The zero-order valence-corrected chi connectivity index (χ0v) is 10.4. The number of nitrogens with two attached hydrogens (primary N) is 1. The summed E-state index contributed by atoms with van der Waals surface area (Å²) in [5.41, 5.74) is 2.36. The molecule has 0 radical (unpaired) electrons. The quantitative estimate of drug-likeness (QED) is 0.474. The van der Waals surface area contributed by atoms with Gasteiger partial charge in [-0.05, 0) is 12.1 Å². The fraction of sp³-hybridized carbons (Fsp3) is 0.0909. The molecule has 7 nitrogen and oxygen atoms in total. The number of imidazole rings is 1. The highest BCUT2D eigenvalue weighted by molar-refractivity contribution is 7.14. The molecule has 0 atom stereocenters. The van der Waals surface area contributed by atoms with Crippen molar-refractivity contribution in [3.8, 4) is 12.1 Å². The van der Waals surface area contributed by atoms with E-state index in [-0.39, 0.29) is 17.3 Å². The van der Waals surface area contributed by atoms with Gasteiger partial charge >= 0.3 is 0 Å². The third-order valence-electron chi connectivity index (χ3n) is 2.39. The fourth-order valence-corrected chi connectivity index (χ4v) is 2.44. The summed E-state index contributed by atoms with van der Waals surface area (Å²) in [5.74, 6) is 4.68. The van der Waals surface area contributed by atoms with Crippen LogP contribution in [0.1, 0.15) is 25.9 Å². The highest BCUT2D eigenvalue weighted by Crippen LogP contribution is 2.18. The van der Waals surface area contributed by atoms with Crippen LogP contribution in [0.4, 0.5) is 0 Å². The first kappa shape index (κ1) is 12.8. The van der Waals surface area contributed by atoms with Gasteiger partial charge in [-0.2, -0.15) is 10.5 Å². The molecule has 0 aliphatic heterocycles. The Morgan fingerprint density at radius 2 is 2.26 bits per heavy atom. The van der Waals surface area contributed by atoms with Gasteiger partial charge in [0.1, 0.15) is 12.1 Å². The minimum Gasteiger partial charge on any atom is -0.316 e. The van der Waals surface area contributed by atoms with Gasteiger partial charge < -0.3 is 4.57 Å². The molecule has 0 saturated carbocycles. The molecule has 0 aliphatic carbocycles. The highest BCUT2D eigenvalue weighted by atomic mass is 32.1. The van der Waals surface area contributed by atoms with E-state index in [1.807, 2.05) is 12.1 Å². The largest absolute Gasteiger partial charge is 0.316 e. The predicted octanol–water partition coefficient (Wildman–Crippen LogP) is 0.340. The molecule has 0 unspecified atom stereocenters. The van der Waals surface area contributed by atoms with Crippen LogP contribution >= 0.6 is 11.3 Å². The summed E-state index contributed by atoms with van der Waals surface area (Å²) in [5, 5.41) is 17.8. The molecule has 1 amide bonds. The zero-order chi connectivity index (χ0) is 13.8.